The quantitative estimate of drug-likeness (QED) is 0.293. The largest absolute Gasteiger partial charge is 0.497 e. The number of ether oxygens (including phenoxy) is 4. The molecule has 0 aliphatic rings. The van der Waals surface area contributed by atoms with Crippen molar-refractivity contribution in [3.63, 3.8) is 0 Å². The van der Waals surface area contributed by atoms with Gasteiger partial charge >= 0.3 is 0 Å². The van der Waals surface area contributed by atoms with Crippen LogP contribution >= 0.6 is 11.6 Å². The minimum atomic E-state index is -0.377. The number of carbonyl (C=O) groups excluding carboxylic acids is 1. The summed E-state index contributed by atoms with van der Waals surface area (Å²) >= 11 is 6.60. The van der Waals surface area contributed by atoms with Crippen molar-refractivity contribution in [2.75, 3.05) is 27.4 Å². The maximum Gasteiger partial charge on any atom is 0.253 e. The van der Waals surface area contributed by atoms with Crippen molar-refractivity contribution in [1.29, 1.82) is 0 Å². The van der Waals surface area contributed by atoms with Crippen LogP contribution in [-0.4, -0.2) is 33.3 Å². The van der Waals surface area contributed by atoms with Crippen molar-refractivity contribution in [3.8, 4) is 23.0 Å². The van der Waals surface area contributed by atoms with Crippen LogP contribution in [0.4, 0.5) is 0 Å². The molecule has 0 bridgehead atoms. The van der Waals surface area contributed by atoms with E-state index in [9.17, 15) is 4.79 Å². The Kier molecular flexibility index (Phi) is 9.40. The molecule has 180 valence electrons. The highest BCUT2D eigenvalue weighted by Gasteiger charge is 2.19. The van der Waals surface area contributed by atoms with Crippen molar-refractivity contribution in [3.05, 3.63) is 82.4 Å². The molecular formula is C25H27ClN2O6. The van der Waals surface area contributed by atoms with Gasteiger partial charge in [0.05, 0.1) is 31.4 Å². The van der Waals surface area contributed by atoms with Crippen LogP contribution < -0.4 is 30.2 Å². The van der Waals surface area contributed by atoms with Crippen molar-refractivity contribution in [2.45, 2.75) is 13.2 Å². The molecule has 3 aromatic rings. The predicted octanol–water partition coefficient (Wildman–Crippen LogP) is 4.14. The molecule has 8 nitrogen and oxygen atoms in total. The van der Waals surface area contributed by atoms with Gasteiger partial charge in [0, 0.05) is 6.54 Å². The molecule has 0 aliphatic carbocycles. The molecule has 0 radical (unpaired) electrons. The molecule has 1 amide bonds. The molecule has 0 heterocycles. The number of halogens is 1. The molecule has 0 saturated heterocycles. The first kappa shape index (κ1) is 25.2. The second kappa shape index (κ2) is 12.7. The third-order valence-corrected chi connectivity index (χ3v) is 5.28. The highest BCUT2D eigenvalue weighted by Crippen LogP contribution is 2.39. The second-order valence-corrected chi connectivity index (χ2v) is 7.53. The van der Waals surface area contributed by atoms with Gasteiger partial charge in [-0.15, -0.1) is 0 Å². The summed E-state index contributed by atoms with van der Waals surface area (Å²) < 4.78 is 22.4. The zero-order valence-corrected chi connectivity index (χ0v) is 19.8. The molecule has 3 aromatic carbocycles. The van der Waals surface area contributed by atoms with Gasteiger partial charge in [-0.1, -0.05) is 35.9 Å². The lowest BCUT2D eigenvalue weighted by atomic mass is 10.1. The average molecular weight is 487 g/mol. The van der Waals surface area contributed by atoms with Gasteiger partial charge in [-0.05, 0) is 47.5 Å². The van der Waals surface area contributed by atoms with Gasteiger partial charge in [0.1, 0.15) is 24.7 Å². The maximum atomic E-state index is 12.6. The van der Waals surface area contributed by atoms with Crippen LogP contribution in [0.3, 0.4) is 0 Å². The van der Waals surface area contributed by atoms with Crippen LogP contribution in [0.5, 0.6) is 23.0 Å². The average Bonchev–Trinajstić information content (AvgIpc) is 2.87. The molecule has 0 atom stereocenters. The fourth-order valence-corrected chi connectivity index (χ4v) is 3.34. The molecule has 0 aromatic heterocycles. The van der Waals surface area contributed by atoms with E-state index in [4.69, 9.17) is 36.4 Å². The van der Waals surface area contributed by atoms with E-state index in [-0.39, 0.29) is 48.6 Å². The summed E-state index contributed by atoms with van der Waals surface area (Å²) in [7, 11) is 3.22. The van der Waals surface area contributed by atoms with Crippen molar-refractivity contribution < 1.29 is 28.6 Å². The summed E-state index contributed by atoms with van der Waals surface area (Å²) in [5, 5.41) is 2.84. The summed E-state index contributed by atoms with van der Waals surface area (Å²) in [6.07, 6.45) is 0. The van der Waals surface area contributed by atoms with Gasteiger partial charge in [0.2, 0.25) is 0 Å². The number of nitrogens with one attached hydrogen (secondary N) is 1. The molecule has 0 saturated carbocycles. The highest BCUT2D eigenvalue weighted by atomic mass is 35.5. The molecular weight excluding hydrogens is 460 g/mol. The Labute approximate surface area is 203 Å². The van der Waals surface area contributed by atoms with E-state index in [2.05, 4.69) is 10.2 Å². The lowest BCUT2D eigenvalue weighted by molar-refractivity contribution is 0.0916. The van der Waals surface area contributed by atoms with Gasteiger partial charge in [0.15, 0.2) is 11.5 Å². The van der Waals surface area contributed by atoms with E-state index in [1.54, 1.807) is 26.4 Å². The molecule has 34 heavy (non-hydrogen) atoms. The number of benzene rings is 3. The van der Waals surface area contributed by atoms with Crippen LogP contribution in [-0.2, 0) is 18.1 Å². The van der Waals surface area contributed by atoms with E-state index in [1.807, 2.05) is 48.5 Å². The summed E-state index contributed by atoms with van der Waals surface area (Å²) in [6, 6.07) is 18.2. The molecule has 0 aliphatic heterocycles. The summed E-state index contributed by atoms with van der Waals surface area (Å²) in [6.45, 7) is 0.907. The summed E-state index contributed by atoms with van der Waals surface area (Å²) in [5.74, 6) is 6.81. The van der Waals surface area contributed by atoms with E-state index in [0.717, 1.165) is 22.6 Å². The molecule has 3 N–H and O–H groups in total. The van der Waals surface area contributed by atoms with Gasteiger partial charge in [-0.25, -0.2) is 5.90 Å². The number of carbonyl (C=O) groups is 1. The predicted molar refractivity (Wildman–Crippen MR) is 129 cm³/mol. The first-order chi connectivity index (χ1) is 16.5. The topological polar surface area (TPSA) is 101 Å². The Morgan fingerprint density at radius 3 is 1.94 bits per heavy atom. The fraction of sp³-hybridized carbons (Fsp3) is 0.240. The zero-order valence-electron chi connectivity index (χ0n) is 19.0. The normalized spacial score (nSPS) is 10.5. The summed E-state index contributed by atoms with van der Waals surface area (Å²) in [5.41, 5.74) is 2.08. The van der Waals surface area contributed by atoms with Crippen LogP contribution in [0.25, 0.3) is 0 Å². The Morgan fingerprint density at radius 2 is 1.41 bits per heavy atom. The van der Waals surface area contributed by atoms with Crippen LogP contribution in [0, 0.1) is 0 Å². The second-order valence-electron chi connectivity index (χ2n) is 7.15. The number of hydrogen-bond acceptors (Lipinski definition) is 7. The number of methoxy groups -OCH3 is 2. The monoisotopic (exact) mass is 486 g/mol. The molecule has 9 heteroatoms. The molecule has 3 rings (SSSR count). The van der Waals surface area contributed by atoms with Gasteiger partial charge < -0.3 is 29.1 Å². The van der Waals surface area contributed by atoms with E-state index >= 15 is 0 Å². The zero-order chi connectivity index (χ0) is 24.3. The number of amides is 1. The van der Waals surface area contributed by atoms with Crippen molar-refractivity contribution in [1.82, 2.24) is 5.32 Å². The van der Waals surface area contributed by atoms with Crippen molar-refractivity contribution in [2.24, 2.45) is 5.90 Å². The highest BCUT2D eigenvalue weighted by molar-refractivity contribution is 6.35. The van der Waals surface area contributed by atoms with Gasteiger partial charge in [0.25, 0.3) is 5.91 Å². The van der Waals surface area contributed by atoms with E-state index in [0.29, 0.717) is 5.75 Å². The molecule has 0 fully saturated rings. The standard InChI is InChI=1S/C25H27ClN2O6/c1-30-19-7-3-17(4-8-19)15-32-22-12-11-21(25(29)28-13-14-34-27)23(26)24(22)33-16-18-5-9-20(31-2)10-6-18/h3-12H,13-16,27H2,1-2H3,(H,28,29). The lowest BCUT2D eigenvalue weighted by Gasteiger charge is -2.17. The minimum Gasteiger partial charge on any atom is -0.497 e. The minimum absolute atomic E-state index is 0.145. The van der Waals surface area contributed by atoms with Gasteiger partial charge in [-0.3, -0.25) is 4.79 Å². The Morgan fingerprint density at radius 1 is 0.853 bits per heavy atom. The Bertz CT molecular complexity index is 1070. The van der Waals surface area contributed by atoms with Crippen LogP contribution in [0.1, 0.15) is 21.5 Å². The number of hydrogen-bond donors (Lipinski definition) is 2. The van der Waals surface area contributed by atoms with E-state index in [1.165, 1.54) is 0 Å². The smallest absolute Gasteiger partial charge is 0.253 e. The third-order valence-electron chi connectivity index (χ3n) is 4.91. The third kappa shape index (κ3) is 6.77. The van der Waals surface area contributed by atoms with Crippen molar-refractivity contribution >= 4 is 17.5 Å². The number of rotatable bonds is 12. The summed E-state index contributed by atoms with van der Waals surface area (Å²) in [4.78, 5) is 17.1. The molecule has 0 unspecified atom stereocenters. The SMILES string of the molecule is COc1ccc(COc2ccc(C(=O)NCCON)c(Cl)c2OCc2ccc(OC)cc2)cc1. The van der Waals surface area contributed by atoms with Crippen LogP contribution in [0.15, 0.2) is 60.7 Å². The Hall–Kier alpha value is -3.46. The lowest BCUT2D eigenvalue weighted by Crippen LogP contribution is -2.28. The number of nitrogens with two attached hydrogens (primary N) is 1. The van der Waals surface area contributed by atoms with Gasteiger partial charge in [-0.2, -0.15) is 0 Å². The fourth-order valence-electron chi connectivity index (χ4n) is 3.04. The van der Waals surface area contributed by atoms with E-state index < -0.39 is 0 Å². The van der Waals surface area contributed by atoms with Crippen LogP contribution in [0.2, 0.25) is 5.02 Å². The first-order valence-electron chi connectivity index (χ1n) is 10.5. The Balaban J connectivity index is 1.81. The molecule has 0 spiro atoms. The maximum absolute atomic E-state index is 12.6. The first-order valence-corrected chi connectivity index (χ1v) is 10.9.